The highest BCUT2D eigenvalue weighted by molar-refractivity contribution is 5.68. The van der Waals surface area contributed by atoms with Gasteiger partial charge in [0, 0.05) is 0 Å². The van der Waals surface area contributed by atoms with E-state index in [9.17, 15) is 9.90 Å². The van der Waals surface area contributed by atoms with Gasteiger partial charge in [-0.05, 0) is 36.6 Å². The van der Waals surface area contributed by atoms with E-state index in [1.165, 1.54) is 5.01 Å². The molecule has 0 unspecified atom stereocenters. The van der Waals surface area contributed by atoms with E-state index in [4.69, 9.17) is 0 Å². The van der Waals surface area contributed by atoms with Crippen LogP contribution in [0.5, 0.6) is 0 Å². The predicted molar refractivity (Wildman–Crippen MR) is 79.5 cm³/mol. The molecule has 0 aliphatic heterocycles. The van der Waals surface area contributed by atoms with Crippen LogP contribution in [0.1, 0.15) is 16.7 Å². The van der Waals surface area contributed by atoms with Gasteiger partial charge in [0.2, 0.25) is 0 Å². The van der Waals surface area contributed by atoms with E-state index < -0.39 is 6.09 Å². The van der Waals surface area contributed by atoms with Gasteiger partial charge in [-0.1, -0.05) is 42.5 Å². The van der Waals surface area contributed by atoms with Crippen molar-refractivity contribution >= 4 is 11.8 Å². The largest absolute Gasteiger partial charge is 0.464 e. The Kier molecular flexibility index (Phi) is 4.25. The van der Waals surface area contributed by atoms with Gasteiger partial charge in [0.15, 0.2) is 0 Å². The molecule has 0 aromatic heterocycles. The second-order valence-corrected chi connectivity index (χ2v) is 4.71. The zero-order valence-electron chi connectivity index (χ0n) is 11.6. The Hall–Kier alpha value is -2.49. The van der Waals surface area contributed by atoms with Crippen molar-refractivity contribution < 1.29 is 9.90 Å². The summed E-state index contributed by atoms with van der Waals surface area (Å²) in [5.74, 6) is 0. The summed E-state index contributed by atoms with van der Waals surface area (Å²) in [7, 11) is 0. The number of rotatable bonds is 4. The number of amides is 1. The third-order valence-electron chi connectivity index (χ3n) is 3.27. The van der Waals surface area contributed by atoms with Crippen LogP contribution in [0.2, 0.25) is 0 Å². The molecule has 104 valence electrons. The number of nitrogens with one attached hydrogen (secondary N) is 1. The molecule has 0 saturated heterocycles. The van der Waals surface area contributed by atoms with E-state index in [0.29, 0.717) is 6.54 Å². The lowest BCUT2D eigenvalue weighted by Gasteiger charge is -2.23. The van der Waals surface area contributed by atoms with Crippen LogP contribution in [0, 0.1) is 13.8 Å². The Bertz CT molecular complexity index is 597. The molecule has 2 aromatic carbocycles. The second-order valence-electron chi connectivity index (χ2n) is 4.71. The summed E-state index contributed by atoms with van der Waals surface area (Å²) in [6.07, 6.45) is -1.00. The van der Waals surface area contributed by atoms with Crippen LogP contribution in [0.3, 0.4) is 0 Å². The molecule has 0 atom stereocenters. The van der Waals surface area contributed by atoms with Crippen molar-refractivity contribution in [1.82, 2.24) is 5.01 Å². The summed E-state index contributed by atoms with van der Waals surface area (Å²) in [5, 5.41) is 10.5. The molecule has 0 aliphatic carbocycles. The van der Waals surface area contributed by atoms with Crippen LogP contribution in [-0.4, -0.2) is 16.2 Å². The third kappa shape index (κ3) is 3.29. The van der Waals surface area contributed by atoms with Gasteiger partial charge in [-0.15, -0.1) is 0 Å². The number of aryl methyl sites for hydroxylation is 1. The first-order valence-corrected chi connectivity index (χ1v) is 6.45. The van der Waals surface area contributed by atoms with Crippen molar-refractivity contribution in [2.75, 3.05) is 5.43 Å². The van der Waals surface area contributed by atoms with Gasteiger partial charge in [0.1, 0.15) is 0 Å². The molecule has 0 bridgehead atoms. The zero-order valence-corrected chi connectivity index (χ0v) is 11.6. The Labute approximate surface area is 118 Å². The van der Waals surface area contributed by atoms with Gasteiger partial charge in [0.25, 0.3) is 0 Å². The Morgan fingerprint density at radius 3 is 2.45 bits per heavy atom. The van der Waals surface area contributed by atoms with E-state index in [2.05, 4.69) is 5.43 Å². The van der Waals surface area contributed by atoms with E-state index in [1.807, 2.05) is 62.4 Å². The molecule has 2 aromatic rings. The van der Waals surface area contributed by atoms with Gasteiger partial charge in [-0.3, -0.25) is 5.43 Å². The Morgan fingerprint density at radius 2 is 1.80 bits per heavy atom. The van der Waals surface area contributed by atoms with E-state index in [1.54, 1.807) is 0 Å². The van der Waals surface area contributed by atoms with Crippen LogP contribution in [0.25, 0.3) is 0 Å². The minimum atomic E-state index is -1.00. The molecule has 0 spiro atoms. The average molecular weight is 270 g/mol. The molecule has 0 radical (unpaired) electrons. The van der Waals surface area contributed by atoms with E-state index in [0.717, 1.165) is 22.4 Å². The van der Waals surface area contributed by atoms with Gasteiger partial charge < -0.3 is 5.11 Å². The maximum absolute atomic E-state index is 11.4. The fraction of sp³-hybridized carbons (Fsp3) is 0.188. The molecular formula is C16H18N2O2. The van der Waals surface area contributed by atoms with Crippen molar-refractivity contribution in [3.8, 4) is 0 Å². The zero-order chi connectivity index (χ0) is 14.5. The number of benzene rings is 2. The number of hydrogen-bond acceptors (Lipinski definition) is 2. The minimum Gasteiger partial charge on any atom is -0.464 e. The Balaban J connectivity index is 2.18. The molecule has 4 nitrogen and oxygen atoms in total. The molecular weight excluding hydrogens is 252 g/mol. The lowest BCUT2D eigenvalue weighted by Crippen LogP contribution is -2.34. The predicted octanol–water partition coefficient (Wildman–Crippen LogP) is 3.81. The van der Waals surface area contributed by atoms with Crippen molar-refractivity contribution in [2.24, 2.45) is 0 Å². The van der Waals surface area contributed by atoms with Crippen molar-refractivity contribution in [1.29, 1.82) is 0 Å². The summed E-state index contributed by atoms with van der Waals surface area (Å²) >= 11 is 0. The average Bonchev–Trinajstić information content (AvgIpc) is 2.44. The maximum atomic E-state index is 11.4. The molecule has 0 fully saturated rings. The molecule has 1 amide bonds. The van der Waals surface area contributed by atoms with Crippen LogP contribution < -0.4 is 5.43 Å². The molecule has 4 heteroatoms. The molecule has 0 saturated carbocycles. The summed E-state index contributed by atoms with van der Waals surface area (Å²) in [4.78, 5) is 11.4. The van der Waals surface area contributed by atoms with E-state index in [-0.39, 0.29) is 0 Å². The van der Waals surface area contributed by atoms with Gasteiger partial charge in [-0.2, -0.15) is 0 Å². The second kappa shape index (κ2) is 6.10. The maximum Gasteiger partial charge on any atom is 0.426 e. The van der Waals surface area contributed by atoms with Crippen LogP contribution in [0.15, 0.2) is 48.5 Å². The highest BCUT2D eigenvalue weighted by Gasteiger charge is 2.13. The van der Waals surface area contributed by atoms with Gasteiger partial charge in [0.05, 0.1) is 12.2 Å². The quantitative estimate of drug-likeness (QED) is 0.831. The van der Waals surface area contributed by atoms with Crippen molar-refractivity contribution in [2.45, 2.75) is 20.4 Å². The SMILES string of the molecule is Cc1cccc(NN(Cc2ccccc2)C(=O)O)c1C. The number of carbonyl (C=O) groups is 1. The number of carboxylic acid groups (broad SMARTS) is 1. The lowest BCUT2D eigenvalue weighted by molar-refractivity contribution is 0.153. The van der Waals surface area contributed by atoms with Crippen LogP contribution in [0.4, 0.5) is 10.5 Å². The smallest absolute Gasteiger partial charge is 0.426 e. The molecule has 2 rings (SSSR count). The molecule has 2 N–H and O–H groups in total. The summed E-state index contributed by atoms with van der Waals surface area (Å²) in [6.45, 7) is 4.27. The van der Waals surface area contributed by atoms with Gasteiger partial charge >= 0.3 is 6.09 Å². The topological polar surface area (TPSA) is 52.6 Å². The Morgan fingerprint density at radius 1 is 1.10 bits per heavy atom. The fourth-order valence-corrected chi connectivity index (χ4v) is 1.94. The molecule has 0 heterocycles. The molecule has 20 heavy (non-hydrogen) atoms. The number of hydrogen-bond donors (Lipinski definition) is 2. The summed E-state index contributed by atoms with van der Waals surface area (Å²) in [6, 6.07) is 15.3. The van der Waals surface area contributed by atoms with Crippen molar-refractivity contribution in [3.63, 3.8) is 0 Å². The highest BCUT2D eigenvalue weighted by Crippen LogP contribution is 2.19. The minimum absolute atomic E-state index is 0.295. The number of nitrogens with zero attached hydrogens (tertiary/aromatic N) is 1. The first-order valence-electron chi connectivity index (χ1n) is 6.45. The van der Waals surface area contributed by atoms with Crippen molar-refractivity contribution in [3.05, 3.63) is 65.2 Å². The lowest BCUT2D eigenvalue weighted by atomic mass is 10.1. The van der Waals surface area contributed by atoms with Gasteiger partial charge in [-0.25, -0.2) is 9.80 Å². The van der Waals surface area contributed by atoms with Crippen LogP contribution >= 0.6 is 0 Å². The standard InChI is InChI=1S/C16H18N2O2/c1-12-7-6-10-15(13(12)2)17-18(16(19)20)11-14-8-4-3-5-9-14/h3-10,17H,11H2,1-2H3,(H,19,20). The number of anilines is 1. The summed E-state index contributed by atoms with van der Waals surface area (Å²) < 4.78 is 0. The molecule has 0 aliphatic rings. The number of hydrazine groups is 1. The summed E-state index contributed by atoms with van der Waals surface area (Å²) in [5.41, 5.74) is 6.89. The first-order chi connectivity index (χ1) is 9.58. The monoisotopic (exact) mass is 270 g/mol. The normalized spacial score (nSPS) is 10.1. The third-order valence-corrected chi connectivity index (χ3v) is 3.27. The highest BCUT2D eigenvalue weighted by atomic mass is 16.4. The first kappa shape index (κ1) is 13.9. The van der Waals surface area contributed by atoms with E-state index >= 15 is 0 Å². The van der Waals surface area contributed by atoms with Crippen LogP contribution in [-0.2, 0) is 6.54 Å². The fourth-order valence-electron chi connectivity index (χ4n) is 1.94.